The third kappa shape index (κ3) is 1.35. The molecule has 3 rings (SSSR count). The summed E-state index contributed by atoms with van der Waals surface area (Å²) >= 11 is 6.12. The summed E-state index contributed by atoms with van der Waals surface area (Å²) in [5.41, 5.74) is 8.50. The second-order valence-electron chi connectivity index (χ2n) is 4.52. The maximum absolute atomic E-state index is 6.12. The molecule has 0 amide bonds. The molecule has 1 aromatic rings. The van der Waals surface area contributed by atoms with Crippen LogP contribution in [0, 0.1) is 0 Å². The Morgan fingerprint density at radius 1 is 1.40 bits per heavy atom. The lowest BCUT2D eigenvalue weighted by molar-refractivity contribution is 0.350. The molecular weight excluding hydrogens is 210 g/mol. The van der Waals surface area contributed by atoms with Gasteiger partial charge in [-0.15, -0.1) is 0 Å². The lowest BCUT2D eigenvalue weighted by Crippen LogP contribution is -2.20. The van der Waals surface area contributed by atoms with Gasteiger partial charge in [0.15, 0.2) is 0 Å². The van der Waals surface area contributed by atoms with Gasteiger partial charge in [-0.2, -0.15) is 0 Å². The number of ether oxygens (including phenoxy) is 1. The van der Waals surface area contributed by atoms with Crippen LogP contribution in [0.3, 0.4) is 0 Å². The maximum Gasteiger partial charge on any atom is 0.126 e. The molecular formula is C12H14ClNO. The molecule has 0 unspecified atom stereocenters. The van der Waals surface area contributed by atoms with E-state index in [4.69, 9.17) is 22.1 Å². The Balaban J connectivity index is 2.15. The van der Waals surface area contributed by atoms with Gasteiger partial charge in [-0.1, -0.05) is 11.6 Å². The van der Waals surface area contributed by atoms with Crippen LogP contribution in [0.5, 0.6) is 5.75 Å². The highest BCUT2D eigenvalue weighted by Gasteiger charge is 2.46. The topological polar surface area (TPSA) is 35.2 Å². The highest BCUT2D eigenvalue weighted by molar-refractivity contribution is 6.30. The molecule has 1 heterocycles. The number of hydrogen-bond acceptors (Lipinski definition) is 2. The molecule has 1 saturated carbocycles. The number of rotatable bonds is 2. The van der Waals surface area contributed by atoms with Crippen LogP contribution in [0.2, 0.25) is 5.02 Å². The van der Waals surface area contributed by atoms with Crippen LogP contribution in [-0.4, -0.2) is 13.2 Å². The standard InChI is InChI=1S/C12H14ClNO/c13-9-5-8-1-4-15-11(8)10(6-9)12(7-14)2-3-12/h5-6H,1-4,7,14H2. The lowest BCUT2D eigenvalue weighted by atomic mass is 9.93. The van der Waals surface area contributed by atoms with Gasteiger partial charge >= 0.3 is 0 Å². The van der Waals surface area contributed by atoms with E-state index in [0.717, 1.165) is 23.8 Å². The summed E-state index contributed by atoms with van der Waals surface area (Å²) in [5.74, 6) is 1.06. The summed E-state index contributed by atoms with van der Waals surface area (Å²) in [6, 6.07) is 4.05. The number of hydrogen-bond donors (Lipinski definition) is 1. The van der Waals surface area contributed by atoms with E-state index in [0.29, 0.717) is 6.54 Å². The van der Waals surface area contributed by atoms with E-state index in [9.17, 15) is 0 Å². The highest BCUT2D eigenvalue weighted by Crippen LogP contribution is 2.52. The van der Waals surface area contributed by atoms with Crippen LogP contribution in [0.4, 0.5) is 0 Å². The van der Waals surface area contributed by atoms with E-state index < -0.39 is 0 Å². The molecule has 1 fully saturated rings. The van der Waals surface area contributed by atoms with E-state index in [1.165, 1.54) is 24.0 Å². The summed E-state index contributed by atoms with van der Waals surface area (Å²) in [4.78, 5) is 0. The zero-order chi connectivity index (χ0) is 10.5. The number of nitrogens with two attached hydrogens (primary N) is 1. The van der Waals surface area contributed by atoms with Gasteiger partial charge < -0.3 is 10.5 Å². The van der Waals surface area contributed by atoms with Crippen LogP contribution < -0.4 is 10.5 Å². The molecule has 2 nitrogen and oxygen atoms in total. The predicted octanol–water partition coefficient (Wildman–Crippen LogP) is 2.27. The highest BCUT2D eigenvalue weighted by atomic mass is 35.5. The van der Waals surface area contributed by atoms with Crippen molar-refractivity contribution in [1.82, 2.24) is 0 Å². The lowest BCUT2D eigenvalue weighted by Gasteiger charge is -2.17. The van der Waals surface area contributed by atoms with Crippen molar-refractivity contribution in [2.75, 3.05) is 13.2 Å². The average Bonchev–Trinajstić information content (AvgIpc) is 2.90. The summed E-state index contributed by atoms with van der Waals surface area (Å²) in [6.45, 7) is 1.48. The van der Waals surface area contributed by atoms with Gasteiger partial charge in [0, 0.05) is 29.0 Å². The second kappa shape index (κ2) is 3.13. The summed E-state index contributed by atoms with van der Waals surface area (Å²) in [7, 11) is 0. The Kier molecular flexibility index (Phi) is 1.98. The molecule has 2 aliphatic rings. The SMILES string of the molecule is NCC1(c2cc(Cl)cc3c2OCC3)CC1. The van der Waals surface area contributed by atoms with E-state index in [2.05, 4.69) is 0 Å². The molecule has 1 aliphatic carbocycles. The first-order chi connectivity index (χ1) is 7.25. The van der Waals surface area contributed by atoms with Crippen LogP contribution in [0.15, 0.2) is 12.1 Å². The van der Waals surface area contributed by atoms with Crippen molar-refractivity contribution in [3.8, 4) is 5.75 Å². The monoisotopic (exact) mass is 223 g/mol. The molecule has 0 aromatic heterocycles. The molecule has 3 heteroatoms. The molecule has 2 N–H and O–H groups in total. The van der Waals surface area contributed by atoms with E-state index in [-0.39, 0.29) is 5.41 Å². The van der Waals surface area contributed by atoms with Gasteiger partial charge in [-0.3, -0.25) is 0 Å². The minimum atomic E-state index is 0.166. The van der Waals surface area contributed by atoms with Gasteiger partial charge in [0.05, 0.1) is 6.61 Å². The minimum absolute atomic E-state index is 0.166. The number of benzene rings is 1. The molecule has 0 bridgehead atoms. The Labute approximate surface area is 94.4 Å². The fraction of sp³-hybridized carbons (Fsp3) is 0.500. The van der Waals surface area contributed by atoms with Crippen molar-refractivity contribution in [2.45, 2.75) is 24.7 Å². The average molecular weight is 224 g/mol. The quantitative estimate of drug-likeness (QED) is 0.835. The number of halogens is 1. The molecule has 0 saturated heterocycles. The van der Waals surface area contributed by atoms with Crippen molar-refractivity contribution < 1.29 is 4.74 Å². The Morgan fingerprint density at radius 3 is 2.87 bits per heavy atom. The first-order valence-corrected chi connectivity index (χ1v) is 5.79. The molecule has 0 atom stereocenters. The van der Waals surface area contributed by atoms with Gasteiger partial charge in [0.25, 0.3) is 0 Å². The van der Waals surface area contributed by atoms with Crippen LogP contribution >= 0.6 is 11.6 Å². The third-order valence-corrected chi connectivity index (χ3v) is 3.78. The molecule has 1 aromatic carbocycles. The largest absolute Gasteiger partial charge is 0.493 e. The zero-order valence-electron chi connectivity index (χ0n) is 8.55. The Morgan fingerprint density at radius 2 is 2.20 bits per heavy atom. The second-order valence-corrected chi connectivity index (χ2v) is 4.96. The van der Waals surface area contributed by atoms with E-state index >= 15 is 0 Å². The van der Waals surface area contributed by atoms with Crippen molar-refractivity contribution in [3.63, 3.8) is 0 Å². The van der Waals surface area contributed by atoms with Crippen molar-refractivity contribution in [3.05, 3.63) is 28.3 Å². The van der Waals surface area contributed by atoms with Gasteiger partial charge in [0.1, 0.15) is 5.75 Å². The summed E-state index contributed by atoms with van der Waals surface area (Å²) in [5, 5.41) is 0.814. The fourth-order valence-corrected chi connectivity index (χ4v) is 2.64. The predicted molar refractivity (Wildman–Crippen MR) is 60.6 cm³/mol. The van der Waals surface area contributed by atoms with Crippen molar-refractivity contribution in [1.29, 1.82) is 0 Å². The first-order valence-electron chi connectivity index (χ1n) is 5.41. The Bertz CT molecular complexity index is 412. The summed E-state index contributed by atoms with van der Waals surface area (Å²) in [6.07, 6.45) is 3.31. The third-order valence-electron chi connectivity index (χ3n) is 3.56. The smallest absolute Gasteiger partial charge is 0.126 e. The van der Waals surface area contributed by atoms with Crippen LogP contribution in [0.1, 0.15) is 24.0 Å². The van der Waals surface area contributed by atoms with Crippen LogP contribution in [0.25, 0.3) is 0 Å². The van der Waals surface area contributed by atoms with Gasteiger partial charge in [-0.05, 0) is 30.5 Å². The minimum Gasteiger partial charge on any atom is -0.493 e. The van der Waals surface area contributed by atoms with Crippen molar-refractivity contribution in [2.24, 2.45) is 5.73 Å². The molecule has 1 aliphatic heterocycles. The van der Waals surface area contributed by atoms with Crippen molar-refractivity contribution >= 4 is 11.6 Å². The van der Waals surface area contributed by atoms with E-state index in [1.807, 2.05) is 12.1 Å². The van der Waals surface area contributed by atoms with Crippen LogP contribution in [-0.2, 0) is 11.8 Å². The molecule has 0 spiro atoms. The molecule has 80 valence electrons. The summed E-state index contributed by atoms with van der Waals surface area (Å²) < 4.78 is 5.70. The fourth-order valence-electron chi connectivity index (χ4n) is 2.40. The normalized spacial score (nSPS) is 20.9. The van der Waals surface area contributed by atoms with E-state index in [1.54, 1.807) is 0 Å². The maximum atomic E-state index is 6.12. The van der Waals surface area contributed by atoms with Gasteiger partial charge in [-0.25, -0.2) is 0 Å². The Hall–Kier alpha value is -0.730. The first kappa shape index (κ1) is 9.49. The molecule has 15 heavy (non-hydrogen) atoms. The molecule has 0 radical (unpaired) electrons. The number of fused-ring (bicyclic) bond motifs is 1. The zero-order valence-corrected chi connectivity index (χ0v) is 9.31. The van der Waals surface area contributed by atoms with Gasteiger partial charge in [0.2, 0.25) is 0 Å².